The lowest BCUT2D eigenvalue weighted by atomic mass is 10.0. The Balaban J connectivity index is 2.03. The first-order chi connectivity index (χ1) is 10.1. The molecule has 3 heteroatoms. The summed E-state index contributed by atoms with van der Waals surface area (Å²) < 4.78 is 0. The Labute approximate surface area is 126 Å². The molecule has 0 bridgehead atoms. The van der Waals surface area contributed by atoms with Gasteiger partial charge in [0.05, 0.1) is 0 Å². The smallest absolute Gasteiger partial charge is 0.248 e. The second-order valence-corrected chi connectivity index (χ2v) is 5.30. The first-order valence-electron chi connectivity index (χ1n) is 7.35. The van der Waals surface area contributed by atoms with Gasteiger partial charge in [0.25, 0.3) is 0 Å². The molecule has 1 amide bonds. The molecule has 0 aliphatic heterocycles. The molecule has 0 saturated heterocycles. The fourth-order valence-electron chi connectivity index (χ4n) is 2.33. The first kappa shape index (κ1) is 15.1. The van der Waals surface area contributed by atoms with Crippen molar-refractivity contribution in [3.05, 3.63) is 65.2 Å². The number of amides is 1. The normalized spacial score (nSPS) is 11.9. The maximum atomic E-state index is 11.0. The summed E-state index contributed by atoms with van der Waals surface area (Å²) in [6.45, 7) is 4.31. The van der Waals surface area contributed by atoms with E-state index in [0.717, 1.165) is 12.1 Å². The molecule has 1 unspecified atom stereocenters. The van der Waals surface area contributed by atoms with Gasteiger partial charge >= 0.3 is 0 Å². The van der Waals surface area contributed by atoms with E-state index in [0.29, 0.717) is 5.56 Å². The van der Waals surface area contributed by atoms with Crippen LogP contribution in [-0.2, 0) is 6.42 Å². The van der Waals surface area contributed by atoms with E-state index in [1.54, 1.807) is 12.1 Å². The van der Waals surface area contributed by atoms with Crippen molar-refractivity contribution in [2.75, 3.05) is 5.32 Å². The molecular formula is C18H22N2O. The predicted octanol–water partition coefficient (Wildman–Crippen LogP) is 3.91. The van der Waals surface area contributed by atoms with Gasteiger partial charge in [0.2, 0.25) is 5.91 Å². The van der Waals surface area contributed by atoms with Gasteiger partial charge < -0.3 is 11.1 Å². The highest BCUT2D eigenvalue weighted by atomic mass is 16.1. The fraction of sp³-hybridized carbons (Fsp3) is 0.278. The van der Waals surface area contributed by atoms with Crippen molar-refractivity contribution in [2.24, 2.45) is 5.73 Å². The molecule has 0 radical (unpaired) electrons. The van der Waals surface area contributed by atoms with E-state index in [2.05, 4.69) is 43.4 Å². The minimum atomic E-state index is -0.402. The molecular weight excluding hydrogens is 260 g/mol. The molecule has 0 aromatic heterocycles. The van der Waals surface area contributed by atoms with Gasteiger partial charge in [0.1, 0.15) is 0 Å². The maximum Gasteiger partial charge on any atom is 0.248 e. The fourth-order valence-corrected chi connectivity index (χ4v) is 2.33. The van der Waals surface area contributed by atoms with Crippen LogP contribution in [-0.4, -0.2) is 5.91 Å². The summed E-state index contributed by atoms with van der Waals surface area (Å²) in [6, 6.07) is 16.1. The number of anilines is 1. The number of nitrogens with two attached hydrogens (primary N) is 1. The van der Waals surface area contributed by atoms with Crippen molar-refractivity contribution in [3.63, 3.8) is 0 Å². The van der Waals surface area contributed by atoms with Gasteiger partial charge in [-0.15, -0.1) is 0 Å². The molecule has 0 heterocycles. The Hall–Kier alpha value is -2.29. The summed E-state index contributed by atoms with van der Waals surface area (Å²) in [5.41, 5.74) is 9.36. The van der Waals surface area contributed by atoms with Crippen molar-refractivity contribution in [2.45, 2.75) is 32.7 Å². The topological polar surface area (TPSA) is 55.1 Å². The van der Waals surface area contributed by atoms with Crippen LogP contribution in [0.25, 0.3) is 0 Å². The number of aryl methyl sites for hydroxylation is 1. The van der Waals surface area contributed by atoms with E-state index in [9.17, 15) is 4.79 Å². The predicted molar refractivity (Wildman–Crippen MR) is 87.4 cm³/mol. The first-order valence-corrected chi connectivity index (χ1v) is 7.35. The van der Waals surface area contributed by atoms with E-state index in [1.165, 1.54) is 17.5 Å². The van der Waals surface area contributed by atoms with Crippen molar-refractivity contribution >= 4 is 11.6 Å². The Kier molecular flexibility index (Phi) is 4.99. The number of primary amides is 1. The van der Waals surface area contributed by atoms with Crippen LogP contribution < -0.4 is 11.1 Å². The molecule has 2 aromatic carbocycles. The SMILES string of the molecule is CCCc1ccc(C(C)Nc2ccc(C(N)=O)cc2)cc1. The summed E-state index contributed by atoms with van der Waals surface area (Å²) >= 11 is 0. The number of benzene rings is 2. The van der Waals surface area contributed by atoms with Crippen molar-refractivity contribution < 1.29 is 4.79 Å². The number of carbonyl (C=O) groups excluding carboxylic acids is 1. The molecule has 0 fully saturated rings. The molecule has 3 N–H and O–H groups in total. The van der Waals surface area contributed by atoms with E-state index in [1.807, 2.05) is 12.1 Å². The van der Waals surface area contributed by atoms with Gasteiger partial charge in [-0.2, -0.15) is 0 Å². The van der Waals surface area contributed by atoms with Crippen molar-refractivity contribution in [3.8, 4) is 0 Å². The zero-order chi connectivity index (χ0) is 15.2. The average Bonchev–Trinajstić information content (AvgIpc) is 2.49. The number of rotatable bonds is 6. The molecule has 3 nitrogen and oxygen atoms in total. The van der Waals surface area contributed by atoms with E-state index < -0.39 is 5.91 Å². The highest BCUT2D eigenvalue weighted by molar-refractivity contribution is 5.93. The number of carbonyl (C=O) groups is 1. The second kappa shape index (κ2) is 6.93. The van der Waals surface area contributed by atoms with Gasteiger partial charge in [0, 0.05) is 17.3 Å². The largest absolute Gasteiger partial charge is 0.379 e. The average molecular weight is 282 g/mol. The molecule has 2 aromatic rings. The molecule has 0 aliphatic carbocycles. The van der Waals surface area contributed by atoms with Crippen LogP contribution >= 0.6 is 0 Å². The summed E-state index contributed by atoms with van der Waals surface area (Å²) in [7, 11) is 0. The van der Waals surface area contributed by atoms with E-state index in [4.69, 9.17) is 5.73 Å². The Bertz CT molecular complexity index is 588. The van der Waals surface area contributed by atoms with Crippen LogP contribution in [0.3, 0.4) is 0 Å². The summed E-state index contributed by atoms with van der Waals surface area (Å²) in [5.74, 6) is -0.402. The van der Waals surface area contributed by atoms with E-state index in [-0.39, 0.29) is 6.04 Å². The molecule has 110 valence electrons. The van der Waals surface area contributed by atoms with Crippen molar-refractivity contribution in [1.82, 2.24) is 0 Å². The maximum absolute atomic E-state index is 11.0. The monoisotopic (exact) mass is 282 g/mol. The quantitative estimate of drug-likeness (QED) is 0.844. The highest BCUT2D eigenvalue weighted by Gasteiger charge is 2.06. The lowest BCUT2D eigenvalue weighted by Crippen LogP contribution is -2.11. The zero-order valence-corrected chi connectivity index (χ0v) is 12.6. The third-order valence-corrected chi connectivity index (χ3v) is 3.57. The molecule has 0 saturated carbocycles. The molecule has 0 aliphatic rings. The number of nitrogens with one attached hydrogen (secondary N) is 1. The number of hydrogen-bond acceptors (Lipinski definition) is 2. The standard InChI is InChI=1S/C18H22N2O/c1-3-4-14-5-7-15(8-6-14)13(2)20-17-11-9-16(10-12-17)18(19)21/h5-13,20H,3-4H2,1-2H3,(H2,19,21). The lowest BCUT2D eigenvalue weighted by molar-refractivity contribution is 0.100. The Morgan fingerprint density at radius 2 is 1.71 bits per heavy atom. The van der Waals surface area contributed by atoms with Gasteiger partial charge in [0.15, 0.2) is 0 Å². The molecule has 2 rings (SSSR count). The number of hydrogen-bond donors (Lipinski definition) is 2. The third kappa shape index (κ3) is 4.09. The van der Waals surface area contributed by atoms with Crippen LogP contribution in [0.4, 0.5) is 5.69 Å². The lowest BCUT2D eigenvalue weighted by Gasteiger charge is -2.16. The zero-order valence-electron chi connectivity index (χ0n) is 12.6. The summed E-state index contributed by atoms with van der Waals surface area (Å²) in [5, 5.41) is 3.42. The Morgan fingerprint density at radius 1 is 1.10 bits per heavy atom. The summed E-state index contributed by atoms with van der Waals surface area (Å²) in [4.78, 5) is 11.0. The van der Waals surface area contributed by atoms with Gasteiger partial charge in [-0.25, -0.2) is 0 Å². The molecule has 21 heavy (non-hydrogen) atoms. The minimum Gasteiger partial charge on any atom is -0.379 e. The van der Waals surface area contributed by atoms with Crippen LogP contribution in [0.1, 0.15) is 47.8 Å². The van der Waals surface area contributed by atoms with Gasteiger partial charge in [-0.3, -0.25) is 4.79 Å². The van der Waals surface area contributed by atoms with Crippen LogP contribution in [0.2, 0.25) is 0 Å². The molecule has 1 atom stereocenters. The highest BCUT2D eigenvalue weighted by Crippen LogP contribution is 2.20. The third-order valence-electron chi connectivity index (χ3n) is 3.57. The second-order valence-electron chi connectivity index (χ2n) is 5.30. The van der Waals surface area contributed by atoms with Crippen molar-refractivity contribution in [1.29, 1.82) is 0 Å². The van der Waals surface area contributed by atoms with Gasteiger partial charge in [-0.1, -0.05) is 37.6 Å². The summed E-state index contributed by atoms with van der Waals surface area (Å²) in [6.07, 6.45) is 2.29. The Morgan fingerprint density at radius 3 is 2.24 bits per heavy atom. The van der Waals surface area contributed by atoms with E-state index >= 15 is 0 Å². The molecule has 0 spiro atoms. The van der Waals surface area contributed by atoms with Crippen LogP contribution in [0, 0.1) is 0 Å². The van der Waals surface area contributed by atoms with Crippen LogP contribution in [0.15, 0.2) is 48.5 Å². The van der Waals surface area contributed by atoms with Crippen LogP contribution in [0.5, 0.6) is 0 Å². The van der Waals surface area contributed by atoms with Gasteiger partial charge in [-0.05, 0) is 48.7 Å². The minimum absolute atomic E-state index is 0.208.